The summed E-state index contributed by atoms with van der Waals surface area (Å²) in [5, 5.41) is 9.94. The van der Waals surface area contributed by atoms with E-state index >= 15 is 0 Å². The first-order valence-corrected chi connectivity index (χ1v) is 5.73. The Bertz CT molecular complexity index is 454. The Morgan fingerprint density at radius 3 is 2.73 bits per heavy atom. The van der Waals surface area contributed by atoms with Gasteiger partial charge in [0.05, 0.1) is 5.56 Å². The molecule has 4 heteroatoms. The van der Waals surface area contributed by atoms with Gasteiger partial charge in [0.15, 0.2) is 5.78 Å². The van der Waals surface area contributed by atoms with E-state index in [0.717, 1.165) is 29.0 Å². The highest BCUT2D eigenvalue weighted by atomic mass is 32.1. The second-order valence-electron chi connectivity index (χ2n) is 3.87. The number of hydrogen-bond donors (Lipinski definition) is 0. The molecule has 1 heterocycles. The van der Waals surface area contributed by atoms with E-state index in [9.17, 15) is 4.79 Å². The topological polar surface area (TPSA) is 44.1 Å². The molecule has 1 aromatic rings. The van der Waals surface area contributed by atoms with Crippen molar-refractivity contribution in [3.63, 3.8) is 0 Å². The highest BCUT2D eigenvalue weighted by molar-refractivity contribution is 7.17. The van der Waals surface area contributed by atoms with Crippen LogP contribution in [0.4, 0.5) is 5.00 Å². The number of ketones is 1. The van der Waals surface area contributed by atoms with Crippen molar-refractivity contribution in [2.24, 2.45) is 0 Å². The van der Waals surface area contributed by atoms with Gasteiger partial charge in [0.2, 0.25) is 0 Å². The van der Waals surface area contributed by atoms with E-state index in [1.165, 1.54) is 11.3 Å². The summed E-state index contributed by atoms with van der Waals surface area (Å²) in [6.07, 6.45) is 2.37. The number of thiophene rings is 1. The van der Waals surface area contributed by atoms with Gasteiger partial charge in [-0.2, -0.15) is 5.26 Å². The minimum absolute atomic E-state index is 0.192. The predicted octanol–water partition coefficient (Wildman–Crippen LogP) is 2.20. The summed E-state index contributed by atoms with van der Waals surface area (Å²) in [4.78, 5) is 14.4. The first-order chi connectivity index (χ1) is 7.15. The molecular formula is C11H12N2OS. The molecule has 0 fully saturated rings. The first-order valence-electron chi connectivity index (χ1n) is 4.91. The van der Waals surface area contributed by atoms with Crippen LogP contribution in [0, 0.1) is 11.3 Å². The third-order valence-corrected chi connectivity index (χ3v) is 3.91. The van der Waals surface area contributed by atoms with Crippen LogP contribution in [0.25, 0.3) is 0 Å². The highest BCUT2D eigenvalue weighted by Gasteiger charge is 2.27. The van der Waals surface area contributed by atoms with Crippen LogP contribution < -0.4 is 4.90 Å². The van der Waals surface area contributed by atoms with Crippen molar-refractivity contribution in [1.82, 2.24) is 0 Å². The fourth-order valence-electron chi connectivity index (χ4n) is 1.93. The van der Waals surface area contributed by atoms with E-state index in [1.54, 1.807) is 0 Å². The molecule has 0 amide bonds. The number of fused-ring (bicyclic) bond motifs is 1. The number of anilines is 1. The molecule has 78 valence electrons. The molecule has 1 aliphatic carbocycles. The van der Waals surface area contributed by atoms with Crippen molar-refractivity contribution in [2.75, 3.05) is 19.0 Å². The molecule has 0 N–H and O–H groups in total. The number of rotatable bonds is 1. The van der Waals surface area contributed by atoms with Crippen molar-refractivity contribution in [1.29, 1.82) is 5.26 Å². The fraction of sp³-hybridized carbons (Fsp3) is 0.455. The number of hydrogen-bond acceptors (Lipinski definition) is 4. The van der Waals surface area contributed by atoms with E-state index < -0.39 is 0 Å². The van der Waals surface area contributed by atoms with Gasteiger partial charge < -0.3 is 4.90 Å². The molecular weight excluding hydrogens is 208 g/mol. The van der Waals surface area contributed by atoms with Crippen molar-refractivity contribution in [2.45, 2.75) is 19.3 Å². The van der Waals surface area contributed by atoms with Gasteiger partial charge in [-0.3, -0.25) is 4.79 Å². The third-order valence-electron chi connectivity index (χ3n) is 2.61. The van der Waals surface area contributed by atoms with E-state index in [2.05, 4.69) is 6.07 Å². The van der Waals surface area contributed by atoms with Crippen molar-refractivity contribution in [3.8, 4) is 6.07 Å². The molecule has 0 saturated heterocycles. The normalized spacial score (nSPS) is 14.6. The highest BCUT2D eigenvalue weighted by Crippen LogP contribution is 2.39. The fourth-order valence-corrected chi connectivity index (χ4v) is 3.02. The lowest BCUT2D eigenvalue weighted by atomic mass is 9.92. The zero-order valence-corrected chi connectivity index (χ0v) is 9.65. The third kappa shape index (κ3) is 1.53. The number of carbonyl (C=O) groups excluding carboxylic acids is 1. The van der Waals surface area contributed by atoms with Crippen molar-refractivity contribution < 1.29 is 4.79 Å². The lowest BCUT2D eigenvalue weighted by Gasteiger charge is -2.16. The molecule has 0 atom stereocenters. The number of carbonyl (C=O) groups is 1. The molecule has 3 nitrogen and oxygen atoms in total. The Morgan fingerprint density at radius 2 is 2.13 bits per heavy atom. The van der Waals surface area contributed by atoms with Crippen LogP contribution in [0.1, 0.15) is 33.6 Å². The minimum Gasteiger partial charge on any atom is -0.369 e. The van der Waals surface area contributed by atoms with E-state index in [0.29, 0.717) is 11.3 Å². The quantitative estimate of drug-likeness (QED) is 0.728. The van der Waals surface area contributed by atoms with Gasteiger partial charge in [-0.15, -0.1) is 11.3 Å². The minimum atomic E-state index is 0.192. The van der Waals surface area contributed by atoms with E-state index in [-0.39, 0.29) is 5.78 Å². The number of nitrogens with zero attached hydrogens (tertiary/aromatic N) is 2. The molecule has 1 aliphatic rings. The van der Waals surface area contributed by atoms with Crippen LogP contribution in [0.5, 0.6) is 0 Å². The summed E-state index contributed by atoms with van der Waals surface area (Å²) >= 11 is 1.43. The summed E-state index contributed by atoms with van der Waals surface area (Å²) in [7, 11) is 3.82. The summed E-state index contributed by atoms with van der Waals surface area (Å²) < 4.78 is 0. The van der Waals surface area contributed by atoms with Crippen LogP contribution in [-0.4, -0.2) is 19.9 Å². The SMILES string of the molecule is CN(C)c1sc(C#N)c2c1C(=O)CCC2. The Hall–Kier alpha value is -1.34. The van der Waals surface area contributed by atoms with Gasteiger partial charge in [0.25, 0.3) is 0 Å². The summed E-state index contributed by atoms with van der Waals surface area (Å²) in [6.45, 7) is 0. The van der Waals surface area contributed by atoms with Gasteiger partial charge >= 0.3 is 0 Å². The Morgan fingerprint density at radius 1 is 1.40 bits per heavy atom. The molecule has 0 aromatic carbocycles. The zero-order chi connectivity index (χ0) is 11.0. The summed E-state index contributed by atoms with van der Waals surface area (Å²) in [6, 6.07) is 2.19. The Labute approximate surface area is 92.9 Å². The maximum Gasteiger partial charge on any atom is 0.166 e. The van der Waals surface area contributed by atoms with E-state index in [1.807, 2.05) is 19.0 Å². The van der Waals surface area contributed by atoms with Crippen LogP contribution in [0.15, 0.2) is 0 Å². The average Bonchev–Trinajstić information content (AvgIpc) is 2.58. The standard InChI is InChI=1S/C11H12N2OS/c1-13(2)11-10-7(9(6-12)15-11)4-3-5-8(10)14/h3-5H2,1-2H3. The summed E-state index contributed by atoms with van der Waals surface area (Å²) in [5.41, 5.74) is 1.77. The largest absolute Gasteiger partial charge is 0.369 e. The van der Waals surface area contributed by atoms with Gasteiger partial charge in [-0.25, -0.2) is 0 Å². The zero-order valence-electron chi connectivity index (χ0n) is 8.83. The van der Waals surface area contributed by atoms with Crippen LogP contribution in [0.2, 0.25) is 0 Å². The number of Topliss-reactive ketones (excluding diaryl/α,β-unsaturated/α-hetero) is 1. The van der Waals surface area contributed by atoms with Gasteiger partial charge in [-0.05, 0) is 18.4 Å². The van der Waals surface area contributed by atoms with Crippen molar-refractivity contribution >= 4 is 22.1 Å². The van der Waals surface area contributed by atoms with Crippen molar-refractivity contribution in [3.05, 3.63) is 16.0 Å². The molecule has 15 heavy (non-hydrogen) atoms. The maximum atomic E-state index is 11.8. The van der Waals surface area contributed by atoms with Gasteiger partial charge in [0, 0.05) is 20.5 Å². The van der Waals surface area contributed by atoms with Crippen LogP contribution >= 0.6 is 11.3 Å². The monoisotopic (exact) mass is 220 g/mol. The average molecular weight is 220 g/mol. The lowest BCUT2D eigenvalue weighted by Crippen LogP contribution is -2.15. The molecule has 1 aromatic heterocycles. The lowest BCUT2D eigenvalue weighted by molar-refractivity contribution is 0.0973. The Kier molecular flexibility index (Phi) is 2.49. The smallest absolute Gasteiger partial charge is 0.166 e. The molecule has 0 bridgehead atoms. The van der Waals surface area contributed by atoms with Crippen LogP contribution in [-0.2, 0) is 6.42 Å². The molecule has 0 saturated carbocycles. The molecule has 0 spiro atoms. The predicted molar refractivity (Wildman–Crippen MR) is 60.6 cm³/mol. The molecule has 0 unspecified atom stereocenters. The second-order valence-corrected chi connectivity index (χ2v) is 4.87. The Balaban J connectivity index is 2.64. The first kappa shape index (κ1) is 10.2. The second kappa shape index (κ2) is 3.67. The van der Waals surface area contributed by atoms with E-state index in [4.69, 9.17) is 5.26 Å². The maximum absolute atomic E-state index is 11.8. The van der Waals surface area contributed by atoms with Gasteiger partial charge in [0.1, 0.15) is 15.9 Å². The van der Waals surface area contributed by atoms with Gasteiger partial charge in [-0.1, -0.05) is 0 Å². The molecule has 0 radical (unpaired) electrons. The number of nitriles is 1. The van der Waals surface area contributed by atoms with Crippen LogP contribution in [0.3, 0.4) is 0 Å². The molecule has 2 rings (SSSR count). The molecule has 0 aliphatic heterocycles. The summed E-state index contributed by atoms with van der Waals surface area (Å²) in [5.74, 6) is 0.192.